The number of carbonyl (C=O) groups is 2. The number of carbonyl (C=O) groups excluding carboxylic acids is 2. The summed E-state index contributed by atoms with van der Waals surface area (Å²) in [5.41, 5.74) is 7.09. The van der Waals surface area contributed by atoms with Gasteiger partial charge < -0.3 is 20.7 Å². The lowest BCUT2D eigenvalue weighted by Crippen LogP contribution is -2.63. The van der Waals surface area contributed by atoms with Crippen molar-refractivity contribution in [1.29, 1.82) is 0 Å². The number of aromatic nitrogens is 2. The second kappa shape index (κ2) is 12.4. The molecule has 2 amide bonds. The molecule has 42 heavy (non-hydrogen) atoms. The van der Waals surface area contributed by atoms with E-state index in [1.165, 1.54) is 12.1 Å². The molecule has 0 aliphatic carbocycles. The van der Waals surface area contributed by atoms with Crippen molar-refractivity contribution in [2.45, 2.75) is 65.3 Å². The van der Waals surface area contributed by atoms with E-state index in [1.807, 2.05) is 4.90 Å². The zero-order valence-electron chi connectivity index (χ0n) is 24.4. The van der Waals surface area contributed by atoms with E-state index in [4.69, 9.17) is 33.7 Å². The van der Waals surface area contributed by atoms with Gasteiger partial charge in [-0.25, -0.2) is 4.39 Å². The first-order valence-corrected chi connectivity index (χ1v) is 14.3. The Morgan fingerprint density at radius 1 is 1.07 bits per heavy atom. The second-order valence-corrected chi connectivity index (χ2v) is 12.3. The number of rotatable bonds is 6. The Hall–Kier alpha value is -3.47. The number of nitrogen functional groups attached to an aromatic ring is 1. The zero-order chi connectivity index (χ0) is 30.9. The van der Waals surface area contributed by atoms with Gasteiger partial charge in [-0.05, 0) is 77.9 Å². The smallest absolute Gasteiger partial charge is 0.276 e. The molecule has 2 aromatic carbocycles. The predicted molar refractivity (Wildman–Crippen MR) is 163 cm³/mol. The third kappa shape index (κ3) is 6.77. The molecule has 1 aliphatic heterocycles. The number of nitrogens with two attached hydrogens (primary N) is 1. The highest BCUT2D eigenvalue weighted by atomic mass is 35.5. The number of ether oxygens (including phenoxy) is 1. The summed E-state index contributed by atoms with van der Waals surface area (Å²) in [6.45, 7) is 13.7. The molecule has 0 bridgehead atoms. The van der Waals surface area contributed by atoms with E-state index in [9.17, 15) is 14.0 Å². The fraction of sp³-hybridized carbons (Fsp3) is 0.400. The van der Waals surface area contributed by atoms with Crippen LogP contribution in [0.15, 0.2) is 42.5 Å². The molecule has 3 aromatic rings. The van der Waals surface area contributed by atoms with Gasteiger partial charge in [0.25, 0.3) is 11.8 Å². The molecule has 224 valence electrons. The average molecular weight is 618 g/mol. The minimum absolute atomic E-state index is 0.0105. The molecule has 12 heteroatoms. The third-order valence-corrected chi connectivity index (χ3v) is 7.89. The fourth-order valence-corrected chi connectivity index (χ4v) is 6.32. The lowest BCUT2D eigenvalue weighted by atomic mass is 9.96. The molecule has 2 heterocycles. The van der Waals surface area contributed by atoms with Crippen LogP contribution < -0.4 is 15.8 Å². The fourth-order valence-electron chi connectivity index (χ4n) is 5.64. The summed E-state index contributed by atoms with van der Waals surface area (Å²) in [5, 5.41) is 10.5. The number of hydrogen-bond acceptors (Lipinski definition) is 7. The maximum atomic E-state index is 14.0. The van der Waals surface area contributed by atoms with Crippen molar-refractivity contribution < 1.29 is 18.7 Å². The van der Waals surface area contributed by atoms with Crippen LogP contribution in [0.25, 0.3) is 0 Å². The van der Waals surface area contributed by atoms with E-state index >= 15 is 0 Å². The Bertz CT molecular complexity index is 1470. The van der Waals surface area contributed by atoms with Crippen molar-refractivity contribution in [1.82, 2.24) is 20.0 Å². The first-order chi connectivity index (χ1) is 19.7. The third-order valence-electron chi connectivity index (χ3n) is 7.18. The maximum absolute atomic E-state index is 14.0. The van der Waals surface area contributed by atoms with Gasteiger partial charge in [0.2, 0.25) is 0 Å². The molecule has 1 aliphatic rings. The molecule has 3 atom stereocenters. The summed E-state index contributed by atoms with van der Waals surface area (Å²) in [4.78, 5) is 30.5. The van der Waals surface area contributed by atoms with Crippen LogP contribution in [-0.2, 0) is 0 Å². The molecule has 4 rings (SSSR count). The zero-order valence-corrected chi connectivity index (χ0v) is 25.9. The molecule has 0 saturated carbocycles. The molecule has 3 N–H and O–H groups in total. The number of halogens is 3. The quantitative estimate of drug-likeness (QED) is 0.315. The van der Waals surface area contributed by atoms with E-state index in [0.29, 0.717) is 24.3 Å². The van der Waals surface area contributed by atoms with Crippen molar-refractivity contribution in [3.63, 3.8) is 0 Å². The number of anilines is 2. The Kier molecular flexibility index (Phi) is 9.30. The minimum Gasteiger partial charge on any atom is -0.482 e. The monoisotopic (exact) mass is 616 g/mol. The van der Waals surface area contributed by atoms with Crippen LogP contribution >= 0.6 is 23.2 Å². The Morgan fingerprint density at radius 2 is 1.69 bits per heavy atom. The van der Waals surface area contributed by atoms with E-state index in [2.05, 4.69) is 55.0 Å². The standard InChI is InChI=1S/C30H35Cl2FN6O3/c1-16-14-38(15-17(2)39(16)30(4,5)6)29(41)19-7-9-20(10-8-19)35-28(40)23-13-24(27(34)37-36-23)42-18(3)25-21(31)11-12-22(33)26(25)32/h7-13,16-18H,14-15H2,1-6H3,(H2,34,37)(H,35,40)/t16-,17+,18-/m1/s1. The summed E-state index contributed by atoms with van der Waals surface area (Å²) in [7, 11) is 0. The topological polar surface area (TPSA) is 114 Å². The van der Waals surface area contributed by atoms with Crippen LogP contribution in [0.5, 0.6) is 5.75 Å². The van der Waals surface area contributed by atoms with E-state index in [-0.39, 0.29) is 56.4 Å². The number of piperazine rings is 1. The molecule has 0 spiro atoms. The largest absolute Gasteiger partial charge is 0.482 e. The summed E-state index contributed by atoms with van der Waals surface area (Å²) >= 11 is 12.3. The Balaban J connectivity index is 1.43. The predicted octanol–water partition coefficient (Wildman–Crippen LogP) is 6.23. The van der Waals surface area contributed by atoms with Gasteiger partial charge in [-0.1, -0.05) is 23.2 Å². The van der Waals surface area contributed by atoms with E-state index in [0.717, 1.165) is 6.07 Å². The van der Waals surface area contributed by atoms with E-state index in [1.54, 1.807) is 31.2 Å². The number of benzene rings is 2. The van der Waals surface area contributed by atoms with Crippen LogP contribution in [0.4, 0.5) is 15.9 Å². The molecule has 1 aromatic heterocycles. The Labute approximate surface area is 255 Å². The number of hydrogen-bond donors (Lipinski definition) is 2. The highest BCUT2D eigenvalue weighted by molar-refractivity contribution is 6.36. The lowest BCUT2D eigenvalue weighted by Gasteiger charge is -2.50. The lowest BCUT2D eigenvalue weighted by molar-refractivity contribution is -0.0168. The van der Waals surface area contributed by atoms with Crippen molar-refractivity contribution >= 4 is 46.5 Å². The van der Waals surface area contributed by atoms with Crippen LogP contribution in [0.1, 0.15) is 74.1 Å². The van der Waals surface area contributed by atoms with Crippen LogP contribution in [0, 0.1) is 5.82 Å². The molecular formula is C30H35Cl2FN6O3. The second-order valence-electron chi connectivity index (χ2n) is 11.5. The molecular weight excluding hydrogens is 582 g/mol. The number of amides is 2. The number of nitrogens with zero attached hydrogens (tertiary/aromatic N) is 4. The van der Waals surface area contributed by atoms with E-state index < -0.39 is 17.8 Å². The van der Waals surface area contributed by atoms with Crippen molar-refractivity contribution in [2.24, 2.45) is 0 Å². The molecule has 1 fully saturated rings. The minimum atomic E-state index is -0.810. The summed E-state index contributed by atoms with van der Waals surface area (Å²) in [5.74, 6) is -1.29. The Morgan fingerprint density at radius 3 is 2.29 bits per heavy atom. The van der Waals surface area contributed by atoms with Crippen LogP contribution in [0.3, 0.4) is 0 Å². The van der Waals surface area contributed by atoms with Crippen LogP contribution in [-0.4, -0.2) is 62.5 Å². The van der Waals surface area contributed by atoms with Gasteiger partial charge >= 0.3 is 0 Å². The highest BCUT2D eigenvalue weighted by Crippen LogP contribution is 2.36. The first-order valence-electron chi connectivity index (χ1n) is 13.6. The van der Waals surface area contributed by atoms with Gasteiger partial charge in [-0.2, -0.15) is 0 Å². The maximum Gasteiger partial charge on any atom is 0.276 e. The van der Waals surface area contributed by atoms with Crippen molar-refractivity contribution in [3.05, 3.63) is 75.1 Å². The first kappa shape index (κ1) is 31.5. The van der Waals surface area contributed by atoms with Gasteiger partial charge in [-0.15, -0.1) is 10.2 Å². The number of nitrogens with one attached hydrogen (secondary N) is 1. The van der Waals surface area contributed by atoms with Gasteiger partial charge in [0, 0.05) is 58.6 Å². The summed E-state index contributed by atoms with van der Waals surface area (Å²) in [6, 6.07) is 11.0. The highest BCUT2D eigenvalue weighted by Gasteiger charge is 2.37. The van der Waals surface area contributed by atoms with Gasteiger partial charge in [0.15, 0.2) is 17.3 Å². The molecule has 9 nitrogen and oxygen atoms in total. The SMILES string of the molecule is C[C@@H]1CN(C(=O)c2ccc(NC(=O)c3cc(O[C@H](C)c4c(Cl)ccc(F)c4Cl)c(N)nn3)cc2)C[C@H](C)N1C(C)(C)C. The average Bonchev–Trinajstić information content (AvgIpc) is 2.91. The van der Waals surface area contributed by atoms with Gasteiger partial charge in [-0.3, -0.25) is 14.5 Å². The van der Waals surface area contributed by atoms with Gasteiger partial charge in [0.05, 0.1) is 5.02 Å². The summed E-state index contributed by atoms with van der Waals surface area (Å²) < 4.78 is 19.8. The molecule has 0 unspecified atom stereocenters. The van der Waals surface area contributed by atoms with Crippen LogP contribution in [0.2, 0.25) is 10.0 Å². The van der Waals surface area contributed by atoms with Crippen molar-refractivity contribution in [3.8, 4) is 5.75 Å². The molecule has 1 saturated heterocycles. The van der Waals surface area contributed by atoms with Gasteiger partial charge in [0.1, 0.15) is 11.9 Å². The van der Waals surface area contributed by atoms with Crippen molar-refractivity contribution in [2.75, 3.05) is 24.1 Å². The molecule has 0 radical (unpaired) electrons. The normalized spacial score (nSPS) is 18.5. The summed E-state index contributed by atoms with van der Waals surface area (Å²) in [6.07, 6.45) is -0.810.